The van der Waals surface area contributed by atoms with Gasteiger partial charge in [0.2, 0.25) is 0 Å². The van der Waals surface area contributed by atoms with Crippen molar-refractivity contribution < 1.29 is 9.13 Å². The number of rotatable bonds is 4. The highest BCUT2D eigenvalue weighted by Crippen LogP contribution is 2.36. The van der Waals surface area contributed by atoms with Gasteiger partial charge >= 0.3 is 0 Å². The molecule has 19 heavy (non-hydrogen) atoms. The van der Waals surface area contributed by atoms with Gasteiger partial charge in [-0.15, -0.1) is 5.10 Å². The largest absolute Gasteiger partial charge is 0.425 e. The first-order chi connectivity index (χ1) is 9.02. The summed E-state index contributed by atoms with van der Waals surface area (Å²) >= 11 is 7.18. The number of nitrogens with zero attached hydrogens (tertiary/aromatic N) is 2. The summed E-state index contributed by atoms with van der Waals surface area (Å²) in [5.41, 5.74) is 6.23. The van der Waals surface area contributed by atoms with Crippen LogP contribution in [-0.4, -0.2) is 10.2 Å². The number of hydrogen-bond donors (Lipinski definition) is 1. The Bertz CT molecular complexity index is 590. The first-order valence-corrected chi connectivity index (χ1v) is 6.93. The molecular formula is C12H13ClFN3OS. The SMILES string of the molecule is CC[C@@H](N)c1ccc(Cl)c(Oc2nnc(C)s2)c1F. The molecule has 4 nitrogen and oxygen atoms in total. The Morgan fingerprint density at radius 3 is 2.79 bits per heavy atom. The molecule has 0 aliphatic carbocycles. The van der Waals surface area contributed by atoms with Gasteiger partial charge in [0, 0.05) is 11.6 Å². The Balaban J connectivity index is 2.38. The maximum absolute atomic E-state index is 14.3. The van der Waals surface area contributed by atoms with Crippen LogP contribution in [0.3, 0.4) is 0 Å². The minimum atomic E-state index is -0.547. The number of hydrogen-bond acceptors (Lipinski definition) is 5. The van der Waals surface area contributed by atoms with Crippen LogP contribution in [0.4, 0.5) is 4.39 Å². The molecule has 102 valence electrons. The summed E-state index contributed by atoms with van der Waals surface area (Å²) in [4.78, 5) is 0. The zero-order valence-electron chi connectivity index (χ0n) is 10.5. The van der Waals surface area contributed by atoms with Crippen LogP contribution in [0, 0.1) is 12.7 Å². The average Bonchev–Trinajstić information content (AvgIpc) is 2.79. The second-order valence-corrected chi connectivity index (χ2v) is 5.53. The summed E-state index contributed by atoms with van der Waals surface area (Å²) in [6, 6.07) is 2.75. The van der Waals surface area contributed by atoms with E-state index in [-0.39, 0.29) is 16.0 Å². The molecule has 0 saturated heterocycles. The number of aromatic nitrogens is 2. The van der Waals surface area contributed by atoms with Gasteiger partial charge in [-0.1, -0.05) is 41.0 Å². The molecule has 1 heterocycles. The standard InChI is InChI=1S/C12H13ClFN3OS/c1-3-9(15)7-4-5-8(13)11(10(7)14)18-12-17-16-6(2)19-12/h4-5,9H,3,15H2,1-2H3/t9-/m1/s1. The zero-order chi connectivity index (χ0) is 14.0. The molecule has 0 radical (unpaired) electrons. The molecule has 7 heteroatoms. The maximum Gasteiger partial charge on any atom is 0.299 e. The molecule has 2 N–H and O–H groups in total. The smallest absolute Gasteiger partial charge is 0.299 e. The fourth-order valence-corrected chi connectivity index (χ4v) is 2.28. The first-order valence-electron chi connectivity index (χ1n) is 5.74. The third kappa shape index (κ3) is 3.02. The van der Waals surface area contributed by atoms with Crippen molar-refractivity contribution in [2.24, 2.45) is 5.73 Å². The van der Waals surface area contributed by atoms with Gasteiger partial charge in [-0.3, -0.25) is 0 Å². The van der Waals surface area contributed by atoms with Gasteiger partial charge in [-0.05, 0) is 19.4 Å². The van der Waals surface area contributed by atoms with Crippen LogP contribution in [0.1, 0.15) is 30.0 Å². The summed E-state index contributed by atoms with van der Waals surface area (Å²) in [6.45, 7) is 3.67. The molecule has 0 unspecified atom stereocenters. The van der Waals surface area contributed by atoms with Crippen molar-refractivity contribution in [3.05, 3.63) is 33.5 Å². The predicted molar refractivity (Wildman–Crippen MR) is 73.3 cm³/mol. The van der Waals surface area contributed by atoms with Crippen molar-refractivity contribution in [2.75, 3.05) is 0 Å². The highest BCUT2D eigenvalue weighted by Gasteiger charge is 2.19. The van der Waals surface area contributed by atoms with Crippen LogP contribution in [0.2, 0.25) is 5.02 Å². The molecule has 0 fully saturated rings. The highest BCUT2D eigenvalue weighted by molar-refractivity contribution is 7.13. The summed E-state index contributed by atoms with van der Waals surface area (Å²) in [6.07, 6.45) is 0.621. The summed E-state index contributed by atoms with van der Waals surface area (Å²) < 4.78 is 19.7. The van der Waals surface area contributed by atoms with E-state index in [9.17, 15) is 4.39 Å². The molecule has 1 aromatic heterocycles. The molecule has 2 rings (SSSR count). The van der Waals surface area contributed by atoms with Crippen LogP contribution < -0.4 is 10.5 Å². The fraction of sp³-hybridized carbons (Fsp3) is 0.333. The number of halogens is 2. The van der Waals surface area contributed by atoms with Crippen molar-refractivity contribution in [1.29, 1.82) is 0 Å². The minimum absolute atomic E-state index is 0.0563. The quantitative estimate of drug-likeness (QED) is 0.932. The lowest BCUT2D eigenvalue weighted by Crippen LogP contribution is -2.11. The number of ether oxygens (including phenoxy) is 1. The Morgan fingerprint density at radius 2 is 2.21 bits per heavy atom. The lowest BCUT2D eigenvalue weighted by Gasteiger charge is -2.13. The van der Waals surface area contributed by atoms with E-state index in [1.807, 2.05) is 6.92 Å². The summed E-state index contributed by atoms with van der Waals surface area (Å²) in [5.74, 6) is -0.603. The Morgan fingerprint density at radius 1 is 1.47 bits per heavy atom. The summed E-state index contributed by atoms with van der Waals surface area (Å²) in [7, 11) is 0. The molecule has 0 amide bonds. The number of benzene rings is 1. The molecule has 0 bridgehead atoms. The third-order valence-corrected chi connectivity index (χ3v) is 3.63. The van der Waals surface area contributed by atoms with Crippen molar-refractivity contribution >= 4 is 22.9 Å². The number of nitrogens with two attached hydrogens (primary N) is 1. The molecule has 2 aromatic rings. The maximum atomic E-state index is 14.3. The van der Waals surface area contributed by atoms with Crippen LogP contribution >= 0.6 is 22.9 Å². The van der Waals surface area contributed by atoms with Gasteiger partial charge in [-0.2, -0.15) is 0 Å². The summed E-state index contributed by atoms with van der Waals surface area (Å²) in [5, 5.41) is 8.74. The van der Waals surface area contributed by atoms with E-state index in [2.05, 4.69) is 10.2 Å². The Labute approximate surface area is 119 Å². The Kier molecular flexibility index (Phi) is 4.34. The first kappa shape index (κ1) is 14.2. The molecular weight excluding hydrogens is 289 g/mol. The van der Waals surface area contributed by atoms with E-state index in [0.29, 0.717) is 12.0 Å². The second-order valence-electron chi connectivity index (χ2n) is 3.98. The van der Waals surface area contributed by atoms with Crippen LogP contribution in [0.25, 0.3) is 0 Å². The molecule has 1 aromatic carbocycles. The lowest BCUT2D eigenvalue weighted by atomic mass is 10.0. The van der Waals surface area contributed by atoms with E-state index in [4.69, 9.17) is 22.1 Å². The van der Waals surface area contributed by atoms with Gasteiger partial charge in [0.15, 0.2) is 11.6 Å². The van der Waals surface area contributed by atoms with E-state index in [0.717, 1.165) is 5.01 Å². The average molecular weight is 302 g/mol. The van der Waals surface area contributed by atoms with Gasteiger partial charge < -0.3 is 10.5 Å². The third-order valence-electron chi connectivity index (χ3n) is 2.62. The van der Waals surface area contributed by atoms with E-state index >= 15 is 0 Å². The second kappa shape index (κ2) is 5.81. The van der Waals surface area contributed by atoms with Crippen molar-refractivity contribution in [1.82, 2.24) is 10.2 Å². The number of aryl methyl sites for hydroxylation is 1. The van der Waals surface area contributed by atoms with E-state index in [1.54, 1.807) is 19.1 Å². The molecule has 0 aliphatic rings. The van der Waals surface area contributed by atoms with Crippen LogP contribution in [0.15, 0.2) is 12.1 Å². The van der Waals surface area contributed by atoms with Gasteiger partial charge in [-0.25, -0.2) is 4.39 Å². The fourth-order valence-electron chi connectivity index (χ4n) is 1.55. The molecule has 0 spiro atoms. The molecule has 0 aliphatic heterocycles. The minimum Gasteiger partial charge on any atom is -0.425 e. The van der Waals surface area contributed by atoms with Gasteiger partial charge in [0.25, 0.3) is 5.19 Å². The lowest BCUT2D eigenvalue weighted by molar-refractivity contribution is 0.428. The van der Waals surface area contributed by atoms with E-state index in [1.165, 1.54) is 11.3 Å². The van der Waals surface area contributed by atoms with Crippen molar-refractivity contribution in [3.8, 4) is 10.9 Å². The normalized spacial score (nSPS) is 12.5. The zero-order valence-corrected chi connectivity index (χ0v) is 12.1. The van der Waals surface area contributed by atoms with Crippen molar-refractivity contribution in [3.63, 3.8) is 0 Å². The van der Waals surface area contributed by atoms with Crippen LogP contribution in [0.5, 0.6) is 10.9 Å². The van der Waals surface area contributed by atoms with Gasteiger partial charge in [0.05, 0.1) is 5.02 Å². The van der Waals surface area contributed by atoms with Gasteiger partial charge in [0.1, 0.15) is 5.01 Å². The highest BCUT2D eigenvalue weighted by atomic mass is 35.5. The Hall–Kier alpha value is -1.24. The molecule has 0 saturated carbocycles. The topological polar surface area (TPSA) is 61.0 Å². The van der Waals surface area contributed by atoms with Crippen LogP contribution in [-0.2, 0) is 0 Å². The van der Waals surface area contributed by atoms with E-state index < -0.39 is 11.9 Å². The monoisotopic (exact) mass is 301 g/mol. The predicted octanol–water partition coefficient (Wildman–Crippen LogP) is 3.84. The molecule has 1 atom stereocenters. The van der Waals surface area contributed by atoms with Crippen molar-refractivity contribution in [2.45, 2.75) is 26.3 Å².